The van der Waals surface area contributed by atoms with Crippen molar-refractivity contribution in [2.75, 3.05) is 0 Å². The molecule has 0 amide bonds. The molecule has 0 rings (SSSR count). The summed E-state index contributed by atoms with van der Waals surface area (Å²) in [5, 5.41) is 9.18. The van der Waals surface area contributed by atoms with Crippen molar-refractivity contribution in [3.05, 3.63) is 0 Å². The fourth-order valence-corrected chi connectivity index (χ4v) is 1.84. The zero-order valence-electron chi connectivity index (χ0n) is 17.2. The standard InChI is InChI=1S/C18H28O10/c1-10(19)25-12(9-14(21)28-18(5,6)7)16(24)26-11(15(22)23)8-13(20)27-17(2,3)4/h11-12H,8-9H2,1-7H3,(H,22,23). The molecule has 28 heavy (non-hydrogen) atoms. The number of rotatable bonds is 8. The van der Waals surface area contributed by atoms with E-state index >= 15 is 0 Å². The number of ether oxygens (including phenoxy) is 4. The largest absolute Gasteiger partial charge is 0.478 e. The zero-order chi connectivity index (χ0) is 22.3. The Kier molecular flexibility index (Phi) is 9.10. The molecule has 0 saturated carbocycles. The summed E-state index contributed by atoms with van der Waals surface area (Å²) >= 11 is 0. The van der Waals surface area contributed by atoms with E-state index in [0.29, 0.717) is 0 Å². The molecule has 1 N–H and O–H groups in total. The second-order valence-corrected chi connectivity index (χ2v) is 7.94. The molecule has 0 saturated heterocycles. The molecule has 10 nitrogen and oxygen atoms in total. The van der Waals surface area contributed by atoms with Crippen LogP contribution in [0.15, 0.2) is 0 Å². The second-order valence-electron chi connectivity index (χ2n) is 7.94. The first-order valence-electron chi connectivity index (χ1n) is 8.54. The molecule has 0 radical (unpaired) electrons. The normalized spacial score (nSPS) is 13.7. The molecule has 10 heteroatoms. The number of carboxylic acid groups (broad SMARTS) is 1. The molecule has 0 spiro atoms. The van der Waals surface area contributed by atoms with E-state index in [-0.39, 0.29) is 0 Å². The van der Waals surface area contributed by atoms with Crippen LogP contribution in [-0.2, 0) is 42.9 Å². The van der Waals surface area contributed by atoms with Crippen molar-refractivity contribution >= 4 is 29.8 Å². The van der Waals surface area contributed by atoms with Gasteiger partial charge in [-0.25, -0.2) is 9.59 Å². The lowest BCUT2D eigenvalue weighted by Gasteiger charge is -2.23. The first kappa shape index (κ1) is 25.4. The van der Waals surface area contributed by atoms with E-state index in [4.69, 9.17) is 18.9 Å². The summed E-state index contributed by atoms with van der Waals surface area (Å²) in [6.07, 6.45) is -5.02. The summed E-state index contributed by atoms with van der Waals surface area (Å²) in [7, 11) is 0. The minimum atomic E-state index is -1.88. The Morgan fingerprint density at radius 2 is 1.14 bits per heavy atom. The monoisotopic (exact) mass is 404 g/mol. The lowest BCUT2D eigenvalue weighted by atomic mass is 10.1. The summed E-state index contributed by atoms with van der Waals surface area (Å²) in [4.78, 5) is 58.5. The molecule has 0 aromatic heterocycles. The fraction of sp³-hybridized carbons (Fsp3) is 0.722. The van der Waals surface area contributed by atoms with Gasteiger partial charge >= 0.3 is 29.8 Å². The van der Waals surface area contributed by atoms with Crippen LogP contribution in [0.2, 0.25) is 0 Å². The third kappa shape index (κ3) is 11.9. The highest BCUT2D eigenvalue weighted by Crippen LogP contribution is 2.15. The average Bonchev–Trinajstić information content (AvgIpc) is 2.40. The topological polar surface area (TPSA) is 143 Å². The molecular weight excluding hydrogens is 376 g/mol. The number of hydrogen-bond acceptors (Lipinski definition) is 9. The molecule has 160 valence electrons. The highest BCUT2D eigenvalue weighted by atomic mass is 16.6. The molecule has 0 fully saturated rings. The van der Waals surface area contributed by atoms with Crippen molar-refractivity contribution in [2.45, 2.75) is 84.7 Å². The first-order chi connectivity index (χ1) is 12.5. The summed E-state index contributed by atoms with van der Waals surface area (Å²) in [5.74, 6) is -5.53. The number of aliphatic carboxylic acids is 1. The Morgan fingerprint density at radius 1 is 0.750 bits per heavy atom. The quantitative estimate of drug-likeness (QED) is 0.465. The van der Waals surface area contributed by atoms with Crippen LogP contribution in [0.3, 0.4) is 0 Å². The van der Waals surface area contributed by atoms with E-state index in [9.17, 15) is 29.1 Å². The Hall–Kier alpha value is -2.65. The smallest absolute Gasteiger partial charge is 0.348 e. The summed E-state index contributed by atoms with van der Waals surface area (Å²) in [5.41, 5.74) is -1.71. The zero-order valence-corrected chi connectivity index (χ0v) is 17.2. The Balaban J connectivity index is 5.17. The van der Waals surface area contributed by atoms with Gasteiger partial charge in [-0.3, -0.25) is 14.4 Å². The predicted octanol–water partition coefficient (Wildman–Crippen LogP) is 1.38. The number of esters is 4. The van der Waals surface area contributed by atoms with Crippen molar-refractivity contribution in [2.24, 2.45) is 0 Å². The second kappa shape index (κ2) is 10.0. The average molecular weight is 404 g/mol. The maximum atomic E-state index is 12.2. The highest BCUT2D eigenvalue weighted by Gasteiger charge is 2.34. The van der Waals surface area contributed by atoms with Crippen LogP contribution >= 0.6 is 0 Å². The van der Waals surface area contributed by atoms with E-state index in [1.165, 1.54) is 0 Å². The molecule has 0 heterocycles. The fourth-order valence-electron chi connectivity index (χ4n) is 1.84. The lowest BCUT2D eigenvalue weighted by Crippen LogP contribution is -2.39. The van der Waals surface area contributed by atoms with Crippen LogP contribution in [0.25, 0.3) is 0 Å². The van der Waals surface area contributed by atoms with Crippen LogP contribution in [-0.4, -0.2) is 58.4 Å². The molecule has 0 aromatic carbocycles. The number of carboxylic acids is 1. The summed E-state index contributed by atoms with van der Waals surface area (Å²) < 4.78 is 19.5. The van der Waals surface area contributed by atoms with Gasteiger partial charge in [-0.05, 0) is 41.5 Å². The minimum absolute atomic E-state index is 0.672. The van der Waals surface area contributed by atoms with Crippen LogP contribution in [0.5, 0.6) is 0 Å². The van der Waals surface area contributed by atoms with Gasteiger partial charge < -0.3 is 24.1 Å². The van der Waals surface area contributed by atoms with E-state index < -0.39 is 66.1 Å². The van der Waals surface area contributed by atoms with Gasteiger partial charge in [-0.1, -0.05) is 0 Å². The van der Waals surface area contributed by atoms with Crippen molar-refractivity contribution in [1.82, 2.24) is 0 Å². The van der Waals surface area contributed by atoms with Gasteiger partial charge in [-0.2, -0.15) is 0 Å². The van der Waals surface area contributed by atoms with Gasteiger partial charge in [0.25, 0.3) is 0 Å². The molecule has 2 unspecified atom stereocenters. The van der Waals surface area contributed by atoms with E-state index in [2.05, 4.69) is 0 Å². The van der Waals surface area contributed by atoms with Gasteiger partial charge in [-0.15, -0.1) is 0 Å². The van der Waals surface area contributed by atoms with Crippen molar-refractivity contribution in [3.63, 3.8) is 0 Å². The van der Waals surface area contributed by atoms with Gasteiger partial charge in [0.15, 0.2) is 0 Å². The molecule has 0 aliphatic rings. The van der Waals surface area contributed by atoms with Crippen LogP contribution in [0.4, 0.5) is 0 Å². The van der Waals surface area contributed by atoms with Crippen LogP contribution in [0, 0.1) is 0 Å². The van der Waals surface area contributed by atoms with Gasteiger partial charge in [0, 0.05) is 6.92 Å². The lowest BCUT2D eigenvalue weighted by molar-refractivity contribution is -0.183. The Labute approximate surface area is 163 Å². The molecule has 0 aliphatic carbocycles. The summed E-state index contributed by atoms with van der Waals surface area (Å²) in [6.45, 7) is 10.6. The first-order valence-corrected chi connectivity index (χ1v) is 8.54. The SMILES string of the molecule is CC(=O)OC(CC(=O)OC(C)(C)C)C(=O)OC(CC(=O)OC(C)(C)C)C(=O)O. The van der Waals surface area contributed by atoms with Gasteiger partial charge in [0.1, 0.15) is 11.2 Å². The van der Waals surface area contributed by atoms with Gasteiger partial charge in [0.2, 0.25) is 12.2 Å². The number of carbonyl (C=O) groups is 5. The van der Waals surface area contributed by atoms with Crippen molar-refractivity contribution < 1.29 is 48.0 Å². The molecular formula is C18H28O10. The van der Waals surface area contributed by atoms with Crippen molar-refractivity contribution in [3.8, 4) is 0 Å². The maximum Gasteiger partial charge on any atom is 0.348 e. The third-order valence-electron chi connectivity index (χ3n) is 2.65. The maximum absolute atomic E-state index is 12.2. The molecule has 0 aromatic rings. The van der Waals surface area contributed by atoms with Gasteiger partial charge in [0.05, 0.1) is 12.8 Å². The Morgan fingerprint density at radius 3 is 1.46 bits per heavy atom. The highest BCUT2D eigenvalue weighted by molar-refractivity contribution is 5.87. The molecule has 0 bridgehead atoms. The van der Waals surface area contributed by atoms with Crippen LogP contribution in [0.1, 0.15) is 61.3 Å². The van der Waals surface area contributed by atoms with E-state index in [0.717, 1.165) is 6.92 Å². The number of carbonyl (C=O) groups excluding carboxylic acids is 4. The summed E-state index contributed by atoms with van der Waals surface area (Å²) in [6, 6.07) is 0. The minimum Gasteiger partial charge on any atom is -0.478 e. The van der Waals surface area contributed by atoms with E-state index in [1.54, 1.807) is 41.5 Å². The third-order valence-corrected chi connectivity index (χ3v) is 2.65. The number of hydrogen-bond donors (Lipinski definition) is 1. The van der Waals surface area contributed by atoms with Crippen LogP contribution < -0.4 is 0 Å². The molecule has 0 aliphatic heterocycles. The Bertz CT molecular complexity index is 609. The van der Waals surface area contributed by atoms with E-state index in [1.807, 2.05) is 0 Å². The predicted molar refractivity (Wildman–Crippen MR) is 94.0 cm³/mol. The molecule has 2 atom stereocenters. The van der Waals surface area contributed by atoms with Crippen molar-refractivity contribution in [1.29, 1.82) is 0 Å².